The summed E-state index contributed by atoms with van der Waals surface area (Å²) >= 11 is 0. The van der Waals surface area contributed by atoms with E-state index < -0.39 is 0 Å². The zero-order valence-electron chi connectivity index (χ0n) is 10.2. The molecule has 0 saturated carbocycles. The van der Waals surface area contributed by atoms with Crippen molar-refractivity contribution in [3.8, 4) is 0 Å². The average molecular weight is 224 g/mol. The second-order valence-electron chi connectivity index (χ2n) is 3.68. The normalized spacial score (nSPS) is 10.4. The predicted octanol–water partition coefficient (Wildman–Crippen LogP) is 0.378. The Bertz CT molecular complexity index is 374. The van der Waals surface area contributed by atoms with Crippen molar-refractivity contribution >= 4 is 5.82 Å². The molecule has 1 aromatic heterocycles. The van der Waals surface area contributed by atoms with Crippen molar-refractivity contribution in [1.82, 2.24) is 15.3 Å². The SMILES string of the molecule is CCNCCN(C)c1cc(=O)[nH]c(CC)n1. The van der Waals surface area contributed by atoms with Crippen molar-refractivity contribution in [2.45, 2.75) is 20.3 Å². The maximum atomic E-state index is 11.4. The fraction of sp³-hybridized carbons (Fsp3) is 0.636. The Balaban J connectivity index is 2.70. The van der Waals surface area contributed by atoms with E-state index in [4.69, 9.17) is 0 Å². The Kier molecular flexibility index (Phi) is 4.98. The molecule has 2 N–H and O–H groups in total. The molecule has 16 heavy (non-hydrogen) atoms. The van der Waals surface area contributed by atoms with E-state index in [0.717, 1.165) is 37.7 Å². The molecule has 0 aromatic carbocycles. The van der Waals surface area contributed by atoms with Gasteiger partial charge >= 0.3 is 0 Å². The van der Waals surface area contributed by atoms with Crippen LogP contribution in [-0.2, 0) is 6.42 Å². The van der Waals surface area contributed by atoms with Crippen molar-refractivity contribution in [3.63, 3.8) is 0 Å². The number of rotatable bonds is 6. The molecule has 0 spiro atoms. The molecular weight excluding hydrogens is 204 g/mol. The zero-order valence-corrected chi connectivity index (χ0v) is 10.2. The second kappa shape index (κ2) is 6.27. The van der Waals surface area contributed by atoms with Crippen molar-refractivity contribution in [1.29, 1.82) is 0 Å². The third kappa shape index (κ3) is 3.66. The Morgan fingerprint density at radius 2 is 2.25 bits per heavy atom. The lowest BCUT2D eigenvalue weighted by molar-refractivity contribution is 0.700. The van der Waals surface area contributed by atoms with Gasteiger partial charge in [-0.05, 0) is 6.54 Å². The number of nitrogens with one attached hydrogen (secondary N) is 2. The van der Waals surface area contributed by atoms with Gasteiger partial charge in [-0.25, -0.2) is 4.98 Å². The number of aryl methyl sites for hydroxylation is 1. The summed E-state index contributed by atoms with van der Waals surface area (Å²) in [5.74, 6) is 1.47. The van der Waals surface area contributed by atoms with E-state index in [2.05, 4.69) is 22.2 Å². The summed E-state index contributed by atoms with van der Waals surface area (Å²) in [4.78, 5) is 20.4. The number of anilines is 1. The van der Waals surface area contributed by atoms with E-state index >= 15 is 0 Å². The number of nitrogens with zero attached hydrogens (tertiary/aromatic N) is 2. The summed E-state index contributed by atoms with van der Waals surface area (Å²) in [6, 6.07) is 1.53. The van der Waals surface area contributed by atoms with Crippen molar-refractivity contribution in [2.75, 3.05) is 31.6 Å². The van der Waals surface area contributed by atoms with Gasteiger partial charge in [0.2, 0.25) is 0 Å². The van der Waals surface area contributed by atoms with Crippen molar-refractivity contribution in [3.05, 3.63) is 22.2 Å². The highest BCUT2D eigenvalue weighted by Crippen LogP contribution is 2.04. The molecule has 0 aliphatic rings. The molecule has 0 amide bonds. The van der Waals surface area contributed by atoms with Crippen LogP contribution in [0.4, 0.5) is 5.82 Å². The Morgan fingerprint density at radius 1 is 1.50 bits per heavy atom. The molecular formula is C11H20N4O. The summed E-state index contributed by atoms with van der Waals surface area (Å²) in [6.07, 6.45) is 0.740. The molecule has 5 nitrogen and oxygen atoms in total. The van der Waals surface area contributed by atoms with Gasteiger partial charge in [-0.3, -0.25) is 4.79 Å². The number of hydrogen-bond acceptors (Lipinski definition) is 4. The fourth-order valence-electron chi connectivity index (χ4n) is 1.40. The highest BCUT2D eigenvalue weighted by Gasteiger charge is 2.04. The summed E-state index contributed by atoms with van der Waals surface area (Å²) < 4.78 is 0. The first kappa shape index (κ1) is 12.7. The molecule has 0 aliphatic heterocycles. The molecule has 0 radical (unpaired) electrons. The minimum atomic E-state index is -0.0860. The summed E-state index contributed by atoms with van der Waals surface area (Å²) in [6.45, 7) is 6.73. The number of likely N-dealkylation sites (N-methyl/N-ethyl adjacent to an activating group) is 2. The standard InChI is InChI=1S/C11H20N4O/c1-4-9-13-10(8-11(16)14-9)15(3)7-6-12-5-2/h8,12H,4-7H2,1-3H3,(H,13,14,16). The Hall–Kier alpha value is -1.36. The van der Waals surface area contributed by atoms with Gasteiger partial charge in [0, 0.05) is 32.6 Å². The summed E-state index contributed by atoms with van der Waals surface area (Å²) in [7, 11) is 1.94. The van der Waals surface area contributed by atoms with E-state index in [1.54, 1.807) is 0 Å². The van der Waals surface area contributed by atoms with E-state index in [-0.39, 0.29) is 5.56 Å². The highest BCUT2D eigenvalue weighted by molar-refractivity contribution is 5.36. The zero-order chi connectivity index (χ0) is 12.0. The first-order valence-corrected chi connectivity index (χ1v) is 5.69. The van der Waals surface area contributed by atoms with E-state index in [1.165, 1.54) is 6.07 Å². The smallest absolute Gasteiger partial charge is 0.252 e. The molecule has 0 unspecified atom stereocenters. The number of hydrogen-bond donors (Lipinski definition) is 2. The molecule has 1 aromatic rings. The van der Waals surface area contributed by atoms with Crippen LogP contribution in [0, 0.1) is 0 Å². The molecule has 0 atom stereocenters. The van der Waals surface area contributed by atoms with Crippen LogP contribution in [0.5, 0.6) is 0 Å². The maximum Gasteiger partial charge on any atom is 0.252 e. The summed E-state index contributed by atoms with van der Waals surface area (Å²) in [5, 5.41) is 3.24. The number of H-pyrrole nitrogens is 1. The van der Waals surface area contributed by atoms with E-state index in [9.17, 15) is 4.79 Å². The molecule has 5 heteroatoms. The minimum absolute atomic E-state index is 0.0860. The lowest BCUT2D eigenvalue weighted by Crippen LogP contribution is -2.30. The largest absolute Gasteiger partial charge is 0.358 e. The third-order valence-corrected chi connectivity index (χ3v) is 2.38. The van der Waals surface area contributed by atoms with Gasteiger partial charge < -0.3 is 15.2 Å². The quantitative estimate of drug-likeness (QED) is 0.686. The third-order valence-electron chi connectivity index (χ3n) is 2.38. The second-order valence-corrected chi connectivity index (χ2v) is 3.68. The maximum absolute atomic E-state index is 11.4. The van der Waals surface area contributed by atoms with Gasteiger partial charge in [-0.1, -0.05) is 13.8 Å². The topological polar surface area (TPSA) is 61.0 Å². The van der Waals surface area contributed by atoms with Crippen LogP contribution in [-0.4, -0.2) is 36.6 Å². The van der Waals surface area contributed by atoms with Crippen molar-refractivity contribution < 1.29 is 0 Å². The van der Waals surface area contributed by atoms with E-state index in [1.807, 2.05) is 18.9 Å². The molecule has 90 valence electrons. The van der Waals surface area contributed by atoms with Crippen LogP contribution >= 0.6 is 0 Å². The molecule has 1 rings (SSSR count). The number of aromatic nitrogens is 2. The van der Waals surface area contributed by atoms with Gasteiger partial charge in [0.1, 0.15) is 11.6 Å². The molecule has 0 saturated heterocycles. The van der Waals surface area contributed by atoms with E-state index in [0.29, 0.717) is 0 Å². The molecule has 0 aliphatic carbocycles. The predicted molar refractivity (Wildman–Crippen MR) is 66.0 cm³/mol. The molecule has 1 heterocycles. The lowest BCUT2D eigenvalue weighted by atomic mass is 10.4. The van der Waals surface area contributed by atoms with Crippen molar-refractivity contribution in [2.24, 2.45) is 0 Å². The van der Waals surface area contributed by atoms with Crippen LogP contribution in [0.1, 0.15) is 19.7 Å². The highest BCUT2D eigenvalue weighted by atomic mass is 16.1. The summed E-state index contributed by atoms with van der Waals surface area (Å²) in [5.41, 5.74) is -0.0860. The average Bonchev–Trinajstić information content (AvgIpc) is 2.28. The van der Waals surface area contributed by atoms with Gasteiger partial charge in [-0.2, -0.15) is 0 Å². The van der Waals surface area contributed by atoms with Gasteiger partial charge in [-0.15, -0.1) is 0 Å². The van der Waals surface area contributed by atoms with Crippen LogP contribution < -0.4 is 15.8 Å². The monoisotopic (exact) mass is 224 g/mol. The first-order valence-electron chi connectivity index (χ1n) is 5.69. The van der Waals surface area contributed by atoms with Crippen LogP contribution in [0.15, 0.2) is 10.9 Å². The van der Waals surface area contributed by atoms with Crippen LogP contribution in [0.2, 0.25) is 0 Å². The number of aromatic amines is 1. The van der Waals surface area contributed by atoms with Gasteiger partial charge in [0.05, 0.1) is 0 Å². The van der Waals surface area contributed by atoms with Crippen LogP contribution in [0.25, 0.3) is 0 Å². The molecule has 0 bridgehead atoms. The fourth-order valence-corrected chi connectivity index (χ4v) is 1.40. The van der Waals surface area contributed by atoms with Gasteiger partial charge in [0.15, 0.2) is 0 Å². The van der Waals surface area contributed by atoms with Gasteiger partial charge in [0.25, 0.3) is 5.56 Å². The Morgan fingerprint density at radius 3 is 2.88 bits per heavy atom. The van der Waals surface area contributed by atoms with Crippen LogP contribution in [0.3, 0.4) is 0 Å². The molecule has 0 fully saturated rings. The lowest BCUT2D eigenvalue weighted by Gasteiger charge is -2.18. The Labute approximate surface area is 95.9 Å². The first-order chi connectivity index (χ1) is 7.67. The minimum Gasteiger partial charge on any atom is -0.358 e.